The van der Waals surface area contributed by atoms with Crippen molar-refractivity contribution in [1.82, 2.24) is 9.71 Å². The van der Waals surface area contributed by atoms with Gasteiger partial charge >= 0.3 is 5.97 Å². The molecule has 0 aliphatic rings. The summed E-state index contributed by atoms with van der Waals surface area (Å²) in [6, 6.07) is 14.8. The Morgan fingerprint density at radius 3 is 2.39 bits per heavy atom. The molecule has 0 saturated carbocycles. The molecule has 2 aromatic carbocycles. The molecule has 174 valence electrons. The number of sulfonamides is 1. The molecule has 0 amide bonds. The van der Waals surface area contributed by atoms with Crippen molar-refractivity contribution in [3.05, 3.63) is 93.8 Å². The number of rotatable bonds is 10. The van der Waals surface area contributed by atoms with E-state index < -0.39 is 22.1 Å². The maximum atomic E-state index is 12.5. The first kappa shape index (κ1) is 24.9. The van der Waals surface area contributed by atoms with Crippen molar-refractivity contribution in [2.45, 2.75) is 37.2 Å². The molecule has 7 nitrogen and oxygen atoms in total. The minimum absolute atomic E-state index is 0.0475. The highest BCUT2D eigenvalue weighted by molar-refractivity contribution is 7.89. The van der Waals surface area contributed by atoms with Crippen LogP contribution in [0.15, 0.2) is 65.7 Å². The maximum absolute atomic E-state index is 12.5. The number of aliphatic hydroxyl groups is 1. The molecule has 3 rings (SSSR count). The summed E-state index contributed by atoms with van der Waals surface area (Å²) >= 11 is 5.82. The number of aliphatic carboxylic acids is 1. The molecule has 1 aromatic heterocycles. The Hall–Kier alpha value is -2.78. The molecule has 9 heteroatoms. The topological polar surface area (TPSA) is 117 Å². The summed E-state index contributed by atoms with van der Waals surface area (Å²) in [4.78, 5) is 15.4. The van der Waals surface area contributed by atoms with E-state index in [1.807, 2.05) is 6.07 Å². The predicted molar refractivity (Wildman–Crippen MR) is 126 cm³/mol. The fourth-order valence-corrected chi connectivity index (χ4v) is 4.64. The van der Waals surface area contributed by atoms with E-state index in [0.717, 1.165) is 11.1 Å². The van der Waals surface area contributed by atoms with E-state index in [1.165, 1.54) is 24.3 Å². The molecule has 1 unspecified atom stereocenters. The van der Waals surface area contributed by atoms with Gasteiger partial charge in [-0.2, -0.15) is 0 Å². The summed E-state index contributed by atoms with van der Waals surface area (Å²) in [6.45, 7) is 1.94. The molecule has 0 saturated heterocycles. The SMILES string of the molecule is Cc1ncccc1C(O)c1cc(CCNS(=O)(=O)c2ccc(Cl)cc2)cc(CCC(=O)O)c1. The Bertz CT molecular complexity index is 1230. The van der Waals surface area contributed by atoms with Gasteiger partial charge < -0.3 is 10.2 Å². The number of carboxylic acids is 1. The van der Waals surface area contributed by atoms with Gasteiger partial charge in [-0.25, -0.2) is 13.1 Å². The van der Waals surface area contributed by atoms with Gasteiger partial charge in [0.2, 0.25) is 10.0 Å². The number of pyridine rings is 1. The predicted octanol–water partition coefficient (Wildman–Crippen LogP) is 3.66. The van der Waals surface area contributed by atoms with Gasteiger partial charge in [-0.1, -0.05) is 35.9 Å². The second kappa shape index (κ2) is 10.9. The van der Waals surface area contributed by atoms with E-state index in [0.29, 0.717) is 34.7 Å². The molecule has 33 heavy (non-hydrogen) atoms. The van der Waals surface area contributed by atoms with Gasteiger partial charge in [0, 0.05) is 35.4 Å². The number of hydrogen-bond acceptors (Lipinski definition) is 5. The number of hydrogen-bond donors (Lipinski definition) is 3. The van der Waals surface area contributed by atoms with Gasteiger partial charge in [-0.3, -0.25) is 9.78 Å². The van der Waals surface area contributed by atoms with Crippen LogP contribution in [0.25, 0.3) is 0 Å². The largest absolute Gasteiger partial charge is 0.481 e. The number of halogens is 1. The van der Waals surface area contributed by atoms with Gasteiger partial charge in [0.1, 0.15) is 6.10 Å². The zero-order chi connectivity index (χ0) is 24.0. The van der Waals surface area contributed by atoms with E-state index >= 15 is 0 Å². The lowest BCUT2D eigenvalue weighted by molar-refractivity contribution is -0.136. The van der Waals surface area contributed by atoms with E-state index in [2.05, 4.69) is 9.71 Å². The van der Waals surface area contributed by atoms with Crippen molar-refractivity contribution >= 4 is 27.6 Å². The number of aromatic nitrogens is 1. The Morgan fingerprint density at radius 2 is 1.76 bits per heavy atom. The zero-order valence-corrected chi connectivity index (χ0v) is 19.6. The van der Waals surface area contributed by atoms with E-state index in [9.17, 15) is 18.3 Å². The van der Waals surface area contributed by atoms with Gasteiger partial charge in [-0.15, -0.1) is 0 Å². The van der Waals surface area contributed by atoms with Crippen LogP contribution in [-0.4, -0.2) is 36.1 Å². The number of nitrogens with one attached hydrogen (secondary N) is 1. The third-order valence-corrected chi connectivity index (χ3v) is 6.92. The molecule has 3 N–H and O–H groups in total. The fourth-order valence-electron chi connectivity index (χ4n) is 3.48. The average Bonchev–Trinajstić information content (AvgIpc) is 2.77. The first-order valence-corrected chi connectivity index (χ1v) is 12.2. The minimum Gasteiger partial charge on any atom is -0.481 e. The fraction of sp³-hybridized carbons (Fsp3) is 0.250. The van der Waals surface area contributed by atoms with Crippen molar-refractivity contribution in [3.63, 3.8) is 0 Å². The number of aliphatic hydroxyl groups excluding tert-OH is 1. The first-order chi connectivity index (χ1) is 15.7. The smallest absolute Gasteiger partial charge is 0.303 e. The quantitative estimate of drug-likeness (QED) is 0.401. The molecule has 1 atom stereocenters. The molecule has 0 bridgehead atoms. The summed E-state index contributed by atoms with van der Waals surface area (Å²) in [5.74, 6) is -0.915. The van der Waals surface area contributed by atoms with Gasteiger partial charge in [-0.05, 0) is 66.8 Å². The van der Waals surface area contributed by atoms with Crippen LogP contribution >= 0.6 is 11.6 Å². The van der Waals surface area contributed by atoms with Crippen molar-refractivity contribution in [1.29, 1.82) is 0 Å². The van der Waals surface area contributed by atoms with Crippen LogP contribution in [0.1, 0.15) is 40.5 Å². The Balaban J connectivity index is 1.80. The van der Waals surface area contributed by atoms with Gasteiger partial charge in [0.25, 0.3) is 0 Å². The Morgan fingerprint density at radius 1 is 1.09 bits per heavy atom. The number of benzene rings is 2. The van der Waals surface area contributed by atoms with Crippen LogP contribution in [0.3, 0.4) is 0 Å². The summed E-state index contributed by atoms with van der Waals surface area (Å²) in [5, 5.41) is 20.4. The summed E-state index contributed by atoms with van der Waals surface area (Å²) in [5.41, 5.74) is 3.49. The standard InChI is InChI=1S/C24H25ClN2O5S/c1-16-22(3-2-11-26-16)24(30)19-14-17(4-9-23(28)29)13-18(15-19)10-12-27-33(31,32)21-7-5-20(25)6-8-21/h2-3,5-8,11,13-15,24,27,30H,4,9-10,12H2,1H3,(H,28,29). The molecule has 0 fully saturated rings. The number of nitrogens with zero attached hydrogens (tertiary/aromatic N) is 1. The van der Waals surface area contributed by atoms with E-state index in [1.54, 1.807) is 37.4 Å². The monoisotopic (exact) mass is 488 g/mol. The van der Waals surface area contributed by atoms with Crippen LogP contribution in [0.5, 0.6) is 0 Å². The Kier molecular flexibility index (Phi) is 8.20. The highest BCUT2D eigenvalue weighted by Crippen LogP contribution is 2.26. The summed E-state index contributed by atoms with van der Waals surface area (Å²) < 4.78 is 27.6. The van der Waals surface area contributed by atoms with Gasteiger partial charge in [0.15, 0.2) is 0 Å². The van der Waals surface area contributed by atoms with Crippen LogP contribution in [-0.2, 0) is 27.7 Å². The van der Waals surface area contributed by atoms with E-state index in [4.69, 9.17) is 16.7 Å². The number of aryl methyl sites for hydroxylation is 2. The normalized spacial score (nSPS) is 12.5. The van der Waals surface area contributed by atoms with Crippen molar-refractivity contribution < 1.29 is 23.4 Å². The second-order valence-corrected chi connectivity index (χ2v) is 9.86. The summed E-state index contributed by atoms with van der Waals surface area (Å²) in [6.07, 6.45) is 1.32. The van der Waals surface area contributed by atoms with Crippen LogP contribution < -0.4 is 4.72 Å². The first-order valence-electron chi connectivity index (χ1n) is 10.3. The van der Waals surface area contributed by atoms with Crippen molar-refractivity contribution in [2.75, 3.05) is 6.54 Å². The molecular weight excluding hydrogens is 464 g/mol. The molecule has 0 spiro atoms. The van der Waals surface area contributed by atoms with Gasteiger partial charge in [0.05, 0.1) is 4.90 Å². The highest BCUT2D eigenvalue weighted by atomic mass is 35.5. The molecular formula is C24H25ClN2O5S. The van der Waals surface area contributed by atoms with Crippen LogP contribution in [0.4, 0.5) is 0 Å². The summed E-state index contributed by atoms with van der Waals surface area (Å²) in [7, 11) is -3.70. The maximum Gasteiger partial charge on any atom is 0.303 e. The van der Waals surface area contributed by atoms with Crippen molar-refractivity contribution in [2.24, 2.45) is 0 Å². The third kappa shape index (κ3) is 6.85. The average molecular weight is 489 g/mol. The lowest BCUT2D eigenvalue weighted by atomic mass is 9.94. The van der Waals surface area contributed by atoms with Crippen LogP contribution in [0.2, 0.25) is 5.02 Å². The molecule has 1 heterocycles. The number of carbonyl (C=O) groups is 1. The second-order valence-electron chi connectivity index (χ2n) is 7.66. The molecule has 3 aromatic rings. The number of carboxylic acid groups (broad SMARTS) is 1. The molecule has 0 aliphatic carbocycles. The third-order valence-electron chi connectivity index (χ3n) is 5.19. The van der Waals surface area contributed by atoms with Crippen molar-refractivity contribution in [3.8, 4) is 0 Å². The lowest BCUT2D eigenvalue weighted by Crippen LogP contribution is -2.26. The molecule has 0 aliphatic heterocycles. The van der Waals surface area contributed by atoms with Crippen LogP contribution in [0, 0.1) is 6.92 Å². The minimum atomic E-state index is -3.70. The zero-order valence-electron chi connectivity index (χ0n) is 18.0. The highest BCUT2D eigenvalue weighted by Gasteiger charge is 2.17. The lowest BCUT2D eigenvalue weighted by Gasteiger charge is -2.17. The molecule has 0 radical (unpaired) electrons. The Labute approximate surface area is 198 Å². The van der Waals surface area contributed by atoms with E-state index in [-0.39, 0.29) is 17.9 Å².